The minimum atomic E-state index is -0.00699. The molecular formula is C12H22N4O. The molecule has 1 atom stereocenters. The number of aromatic amines is 1. The molecule has 0 aliphatic carbocycles. The molecule has 5 nitrogen and oxygen atoms in total. The molecule has 1 rings (SSSR count). The van der Waals surface area contributed by atoms with E-state index in [0.717, 1.165) is 18.5 Å². The average molecular weight is 238 g/mol. The van der Waals surface area contributed by atoms with Crippen LogP contribution in [0.1, 0.15) is 51.6 Å². The molecule has 0 saturated carbocycles. The Bertz CT molecular complexity index is 357. The lowest BCUT2D eigenvalue weighted by Gasteiger charge is -2.04. The monoisotopic (exact) mass is 238 g/mol. The SMILES string of the molecule is CC(N)CCCC(=O)Nc1cc(C(C)C)[nH]n1. The van der Waals surface area contributed by atoms with Crippen LogP contribution in [0.3, 0.4) is 0 Å². The van der Waals surface area contributed by atoms with Crippen molar-refractivity contribution in [1.82, 2.24) is 10.2 Å². The maximum Gasteiger partial charge on any atom is 0.225 e. The van der Waals surface area contributed by atoms with Gasteiger partial charge in [0.2, 0.25) is 5.91 Å². The second-order valence-electron chi connectivity index (χ2n) is 4.78. The topological polar surface area (TPSA) is 83.8 Å². The van der Waals surface area contributed by atoms with Crippen molar-refractivity contribution >= 4 is 11.7 Å². The summed E-state index contributed by atoms with van der Waals surface area (Å²) in [5, 5.41) is 9.71. The van der Waals surface area contributed by atoms with Crippen LogP contribution in [0.25, 0.3) is 0 Å². The summed E-state index contributed by atoms with van der Waals surface area (Å²) in [7, 11) is 0. The molecule has 1 unspecified atom stereocenters. The molecular weight excluding hydrogens is 216 g/mol. The smallest absolute Gasteiger partial charge is 0.225 e. The molecule has 1 aromatic rings. The molecule has 0 aliphatic rings. The minimum absolute atomic E-state index is 0.00699. The van der Waals surface area contributed by atoms with E-state index in [-0.39, 0.29) is 11.9 Å². The lowest BCUT2D eigenvalue weighted by atomic mass is 10.1. The van der Waals surface area contributed by atoms with E-state index >= 15 is 0 Å². The predicted molar refractivity (Wildman–Crippen MR) is 68.8 cm³/mol. The number of carbonyl (C=O) groups is 1. The zero-order valence-electron chi connectivity index (χ0n) is 10.8. The second kappa shape index (κ2) is 6.39. The van der Waals surface area contributed by atoms with Crippen molar-refractivity contribution in [2.75, 3.05) is 5.32 Å². The first-order valence-electron chi connectivity index (χ1n) is 6.09. The molecule has 0 radical (unpaired) electrons. The van der Waals surface area contributed by atoms with Gasteiger partial charge in [0.15, 0.2) is 5.82 Å². The van der Waals surface area contributed by atoms with E-state index in [1.165, 1.54) is 0 Å². The lowest BCUT2D eigenvalue weighted by molar-refractivity contribution is -0.116. The van der Waals surface area contributed by atoms with E-state index in [2.05, 4.69) is 29.4 Å². The van der Waals surface area contributed by atoms with E-state index < -0.39 is 0 Å². The van der Waals surface area contributed by atoms with Crippen molar-refractivity contribution in [1.29, 1.82) is 0 Å². The Morgan fingerprint density at radius 1 is 1.53 bits per heavy atom. The summed E-state index contributed by atoms with van der Waals surface area (Å²) in [5.41, 5.74) is 6.64. The van der Waals surface area contributed by atoms with Crippen molar-refractivity contribution in [2.45, 2.75) is 52.0 Å². The number of amides is 1. The van der Waals surface area contributed by atoms with Crippen LogP contribution in [0.15, 0.2) is 6.07 Å². The number of nitrogens with zero attached hydrogens (tertiary/aromatic N) is 1. The quantitative estimate of drug-likeness (QED) is 0.708. The van der Waals surface area contributed by atoms with Crippen LogP contribution in [0.5, 0.6) is 0 Å². The fraction of sp³-hybridized carbons (Fsp3) is 0.667. The van der Waals surface area contributed by atoms with E-state index in [1.54, 1.807) is 0 Å². The zero-order chi connectivity index (χ0) is 12.8. The van der Waals surface area contributed by atoms with Gasteiger partial charge in [-0.1, -0.05) is 13.8 Å². The van der Waals surface area contributed by atoms with Crippen LogP contribution in [-0.2, 0) is 4.79 Å². The lowest BCUT2D eigenvalue weighted by Crippen LogP contribution is -2.16. The highest BCUT2D eigenvalue weighted by molar-refractivity contribution is 5.89. The van der Waals surface area contributed by atoms with Gasteiger partial charge < -0.3 is 11.1 Å². The summed E-state index contributed by atoms with van der Waals surface area (Å²) in [4.78, 5) is 11.6. The molecule has 0 saturated heterocycles. The molecule has 1 aromatic heterocycles. The van der Waals surface area contributed by atoms with E-state index in [1.807, 2.05) is 13.0 Å². The normalized spacial score (nSPS) is 12.8. The number of hydrogen-bond donors (Lipinski definition) is 3. The third kappa shape index (κ3) is 4.99. The van der Waals surface area contributed by atoms with Gasteiger partial charge in [-0.25, -0.2) is 0 Å². The summed E-state index contributed by atoms with van der Waals surface area (Å²) in [6, 6.07) is 2.02. The molecule has 5 heteroatoms. The highest BCUT2D eigenvalue weighted by Gasteiger charge is 2.08. The Balaban J connectivity index is 2.34. The van der Waals surface area contributed by atoms with Gasteiger partial charge in [0.25, 0.3) is 0 Å². The van der Waals surface area contributed by atoms with E-state index in [4.69, 9.17) is 5.73 Å². The maximum absolute atomic E-state index is 11.6. The van der Waals surface area contributed by atoms with Crippen LogP contribution in [-0.4, -0.2) is 22.1 Å². The van der Waals surface area contributed by atoms with Crippen LogP contribution >= 0.6 is 0 Å². The number of anilines is 1. The fourth-order valence-electron chi connectivity index (χ4n) is 1.49. The van der Waals surface area contributed by atoms with Crippen molar-refractivity contribution in [3.8, 4) is 0 Å². The second-order valence-corrected chi connectivity index (χ2v) is 4.78. The Morgan fingerprint density at radius 3 is 2.76 bits per heavy atom. The average Bonchev–Trinajstić information content (AvgIpc) is 2.65. The van der Waals surface area contributed by atoms with Crippen LogP contribution < -0.4 is 11.1 Å². The highest BCUT2D eigenvalue weighted by Crippen LogP contribution is 2.15. The van der Waals surface area contributed by atoms with Crippen LogP contribution in [0.4, 0.5) is 5.82 Å². The van der Waals surface area contributed by atoms with Gasteiger partial charge in [-0.05, 0) is 25.7 Å². The van der Waals surface area contributed by atoms with Gasteiger partial charge in [-0.15, -0.1) is 0 Å². The van der Waals surface area contributed by atoms with Crippen molar-refractivity contribution < 1.29 is 4.79 Å². The fourth-order valence-corrected chi connectivity index (χ4v) is 1.49. The predicted octanol–water partition coefficient (Wildman–Crippen LogP) is 1.99. The summed E-state index contributed by atoms with van der Waals surface area (Å²) in [5.74, 6) is 0.971. The highest BCUT2D eigenvalue weighted by atomic mass is 16.1. The third-order valence-corrected chi connectivity index (χ3v) is 2.55. The number of H-pyrrole nitrogens is 1. The first kappa shape index (κ1) is 13.7. The van der Waals surface area contributed by atoms with Gasteiger partial charge in [0.05, 0.1) is 0 Å². The van der Waals surface area contributed by atoms with Crippen molar-refractivity contribution in [2.24, 2.45) is 5.73 Å². The molecule has 1 heterocycles. The molecule has 0 aromatic carbocycles. The van der Waals surface area contributed by atoms with Crippen LogP contribution in [0.2, 0.25) is 0 Å². The molecule has 1 amide bonds. The van der Waals surface area contributed by atoms with Gasteiger partial charge in [-0.2, -0.15) is 5.10 Å². The number of aromatic nitrogens is 2. The molecule has 17 heavy (non-hydrogen) atoms. The van der Waals surface area contributed by atoms with Gasteiger partial charge in [0.1, 0.15) is 0 Å². The minimum Gasteiger partial charge on any atom is -0.328 e. The summed E-state index contributed by atoms with van der Waals surface area (Å²) in [6.07, 6.45) is 2.17. The largest absolute Gasteiger partial charge is 0.328 e. The number of rotatable bonds is 6. The molecule has 0 spiro atoms. The Labute approximate surface area is 102 Å². The molecule has 4 N–H and O–H groups in total. The number of carbonyl (C=O) groups excluding carboxylic acids is 1. The van der Waals surface area contributed by atoms with Gasteiger partial charge in [-0.3, -0.25) is 9.89 Å². The Kier molecular flexibility index (Phi) is 5.15. The Morgan fingerprint density at radius 2 is 2.24 bits per heavy atom. The molecule has 0 bridgehead atoms. The summed E-state index contributed by atoms with van der Waals surface area (Å²) >= 11 is 0. The number of hydrogen-bond acceptors (Lipinski definition) is 3. The maximum atomic E-state index is 11.6. The number of nitrogens with two attached hydrogens (primary N) is 1. The zero-order valence-corrected chi connectivity index (χ0v) is 10.8. The van der Waals surface area contributed by atoms with Crippen molar-refractivity contribution in [3.63, 3.8) is 0 Å². The number of nitrogens with one attached hydrogen (secondary N) is 2. The third-order valence-electron chi connectivity index (χ3n) is 2.55. The van der Waals surface area contributed by atoms with Crippen LogP contribution in [0, 0.1) is 0 Å². The first-order valence-corrected chi connectivity index (χ1v) is 6.09. The molecule has 96 valence electrons. The molecule has 0 aliphatic heterocycles. The summed E-state index contributed by atoms with van der Waals surface area (Å²) in [6.45, 7) is 6.09. The van der Waals surface area contributed by atoms with Gasteiger partial charge >= 0.3 is 0 Å². The van der Waals surface area contributed by atoms with Crippen molar-refractivity contribution in [3.05, 3.63) is 11.8 Å². The Hall–Kier alpha value is -1.36. The van der Waals surface area contributed by atoms with E-state index in [0.29, 0.717) is 18.2 Å². The first-order chi connectivity index (χ1) is 7.99. The molecule has 0 fully saturated rings. The van der Waals surface area contributed by atoms with E-state index in [9.17, 15) is 4.79 Å². The van der Waals surface area contributed by atoms with Gasteiger partial charge in [0, 0.05) is 24.2 Å². The summed E-state index contributed by atoms with van der Waals surface area (Å²) < 4.78 is 0. The standard InChI is InChI=1S/C12H22N4O/c1-8(2)10-7-11(16-15-10)14-12(17)6-4-5-9(3)13/h7-9H,4-6,13H2,1-3H3,(H2,14,15,16,17).